The van der Waals surface area contributed by atoms with E-state index in [0.29, 0.717) is 19.3 Å². The number of hydrogen-bond donors (Lipinski definition) is 0. The van der Waals surface area contributed by atoms with Crippen molar-refractivity contribution < 1.29 is 28.6 Å². The van der Waals surface area contributed by atoms with E-state index in [1.54, 1.807) is 0 Å². The fourth-order valence-electron chi connectivity index (χ4n) is 2.85. The highest BCUT2D eigenvalue weighted by molar-refractivity contribution is 5.77. The van der Waals surface area contributed by atoms with E-state index in [0.717, 1.165) is 6.42 Å². The van der Waals surface area contributed by atoms with Crippen LogP contribution in [0.4, 0.5) is 0 Å². The third-order valence-corrected chi connectivity index (χ3v) is 5.09. The summed E-state index contributed by atoms with van der Waals surface area (Å²) in [5, 5.41) is 0. The molecule has 0 aromatic rings. The molecule has 0 spiro atoms. The first-order chi connectivity index (χ1) is 10.7. The molecule has 0 N–H and O–H groups in total. The Morgan fingerprint density at radius 1 is 1.39 bits per heavy atom. The summed E-state index contributed by atoms with van der Waals surface area (Å²) >= 11 is 0. The molecule has 6 heteroatoms. The van der Waals surface area contributed by atoms with Crippen LogP contribution in [0.2, 0.25) is 0 Å². The molecule has 2 aliphatic heterocycles. The molecule has 6 nitrogen and oxygen atoms in total. The Hall–Kier alpha value is -1.59. The van der Waals surface area contributed by atoms with Gasteiger partial charge in [0.25, 0.3) is 0 Å². The zero-order valence-corrected chi connectivity index (χ0v) is 14.3. The Kier molecular flexibility index (Phi) is 5.01. The second-order valence-corrected chi connectivity index (χ2v) is 7.31. The van der Waals surface area contributed by atoms with Crippen LogP contribution in [0.5, 0.6) is 0 Å². The van der Waals surface area contributed by atoms with E-state index in [9.17, 15) is 14.4 Å². The maximum Gasteiger partial charge on any atom is 0.311 e. The van der Waals surface area contributed by atoms with Gasteiger partial charge in [-0.25, -0.2) is 0 Å². The highest BCUT2D eigenvalue weighted by Gasteiger charge is 2.52. The van der Waals surface area contributed by atoms with E-state index < -0.39 is 23.1 Å². The van der Waals surface area contributed by atoms with Gasteiger partial charge in [-0.2, -0.15) is 0 Å². The normalized spacial score (nSPS) is 29.8. The van der Waals surface area contributed by atoms with Gasteiger partial charge < -0.3 is 14.2 Å². The van der Waals surface area contributed by atoms with Gasteiger partial charge in [0, 0.05) is 6.42 Å². The van der Waals surface area contributed by atoms with Gasteiger partial charge in [-0.05, 0) is 40.0 Å². The molecule has 0 aromatic heterocycles. The fraction of sp³-hybridized carbons (Fsp3) is 0.824. The monoisotopic (exact) mass is 326 g/mol. The van der Waals surface area contributed by atoms with Crippen molar-refractivity contribution in [2.75, 3.05) is 6.61 Å². The van der Waals surface area contributed by atoms with Crippen LogP contribution in [0.3, 0.4) is 0 Å². The van der Waals surface area contributed by atoms with Crippen molar-refractivity contribution in [2.24, 2.45) is 11.3 Å². The van der Waals surface area contributed by atoms with Crippen LogP contribution < -0.4 is 0 Å². The Balaban J connectivity index is 1.78. The van der Waals surface area contributed by atoms with Crippen LogP contribution in [0.1, 0.15) is 59.8 Å². The first-order valence-corrected chi connectivity index (χ1v) is 8.27. The Bertz CT molecular complexity index is 497. The van der Waals surface area contributed by atoms with Crippen molar-refractivity contribution in [1.29, 1.82) is 0 Å². The molecule has 3 atom stereocenters. The summed E-state index contributed by atoms with van der Waals surface area (Å²) in [6.07, 6.45) is 2.28. The van der Waals surface area contributed by atoms with E-state index >= 15 is 0 Å². The molecular formula is C17H26O6. The summed E-state index contributed by atoms with van der Waals surface area (Å²) in [5.74, 6) is -1.10. The van der Waals surface area contributed by atoms with Crippen molar-refractivity contribution in [3.63, 3.8) is 0 Å². The molecule has 1 saturated carbocycles. The number of carbonyl (C=O) groups is 3. The predicted molar refractivity (Wildman–Crippen MR) is 81.4 cm³/mol. The molecule has 23 heavy (non-hydrogen) atoms. The number of esters is 3. The lowest BCUT2D eigenvalue weighted by atomic mass is 9.74. The van der Waals surface area contributed by atoms with E-state index in [1.807, 2.05) is 27.7 Å². The lowest BCUT2D eigenvalue weighted by Gasteiger charge is -2.47. The van der Waals surface area contributed by atoms with Gasteiger partial charge in [0.05, 0.1) is 17.8 Å². The van der Waals surface area contributed by atoms with Crippen molar-refractivity contribution >= 4 is 17.9 Å². The molecule has 0 radical (unpaired) electrons. The summed E-state index contributed by atoms with van der Waals surface area (Å²) < 4.78 is 16.0. The van der Waals surface area contributed by atoms with E-state index in [-0.39, 0.29) is 30.9 Å². The lowest BCUT2D eigenvalue weighted by molar-refractivity contribution is -0.218. The first-order valence-electron chi connectivity index (χ1n) is 8.27. The molecule has 2 heterocycles. The standard InChI is InChI=1S/C17H26O6/c1-5-16(2,3)15(20)21-9-7-13(18)22-12-10-11-6-8-17(12,4)23-14(11)19/h11-12H,5-10H2,1-4H3. The van der Waals surface area contributed by atoms with Gasteiger partial charge in [-0.1, -0.05) is 6.92 Å². The number of ether oxygens (including phenoxy) is 3. The predicted octanol–water partition coefficient (Wildman–Crippen LogP) is 2.38. The van der Waals surface area contributed by atoms with Crippen molar-refractivity contribution in [2.45, 2.75) is 71.5 Å². The van der Waals surface area contributed by atoms with Gasteiger partial charge in [0.2, 0.25) is 0 Å². The van der Waals surface area contributed by atoms with Crippen molar-refractivity contribution in [1.82, 2.24) is 0 Å². The third-order valence-electron chi connectivity index (χ3n) is 5.09. The van der Waals surface area contributed by atoms with Crippen LogP contribution in [0, 0.1) is 11.3 Å². The minimum atomic E-state index is -0.720. The highest BCUT2D eigenvalue weighted by atomic mass is 16.6. The third kappa shape index (κ3) is 3.85. The zero-order valence-electron chi connectivity index (χ0n) is 14.3. The second kappa shape index (κ2) is 6.49. The van der Waals surface area contributed by atoms with Crippen LogP contribution in [-0.2, 0) is 28.6 Å². The lowest BCUT2D eigenvalue weighted by Crippen LogP contribution is -2.57. The summed E-state index contributed by atoms with van der Waals surface area (Å²) in [7, 11) is 0. The Labute approximate surface area is 136 Å². The summed E-state index contributed by atoms with van der Waals surface area (Å²) in [5.41, 5.74) is -1.27. The molecular weight excluding hydrogens is 300 g/mol. The van der Waals surface area contributed by atoms with E-state index in [1.165, 1.54) is 0 Å². The first kappa shape index (κ1) is 17.8. The quantitative estimate of drug-likeness (QED) is 0.551. The average molecular weight is 326 g/mol. The van der Waals surface area contributed by atoms with Gasteiger partial charge in [-0.15, -0.1) is 0 Å². The van der Waals surface area contributed by atoms with Gasteiger partial charge in [0.1, 0.15) is 18.3 Å². The number of fused-ring (bicyclic) bond motifs is 3. The van der Waals surface area contributed by atoms with E-state index in [4.69, 9.17) is 14.2 Å². The molecule has 3 rings (SSSR count). The fourth-order valence-corrected chi connectivity index (χ4v) is 2.85. The molecule has 3 fully saturated rings. The molecule has 0 amide bonds. The largest absolute Gasteiger partial charge is 0.465 e. The molecule has 130 valence electrons. The van der Waals surface area contributed by atoms with Crippen LogP contribution in [-0.4, -0.2) is 36.2 Å². The van der Waals surface area contributed by atoms with Crippen molar-refractivity contribution in [3.8, 4) is 0 Å². The number of carbonyl (C=O) groups excluding carboxylic acids is 3. The topological polar surface area (TPSA) is 78.9 Å². The average Bonchev–Trinajstić information content (AvgIpc) is 2.48. The van der Waals surface area contributed by atoms with Gasteiger partial charge in [0.15, 0.2) is 0 Å². The van der Waals surface area contributed by atoms with Crippen molar-refractivity contribution in [3.05, 3.63) is 0 Å². The molecule has 1 aliphatic carbocycles. The van der Waals surface area contributed by atoms with Crippen LogP contribution in [0.15, 0.2) is 0 Å². The second-order valence-electron chi connectivity index (χ2n) is 7.31. The Morgan fingerprint density at radius 2 is 2.09 bits per heavy atom. The maximum absolute atomic E-state index is 12.0. The minimum Gasteiger partial charge on any atom is -0.465 e. The molecule has 0 aromatic carbocycles. The maximum atomic E-state index is 12.0. The van der Waals surface area contributed by atoms with Crippen LogP contribution in [0.25, 0.3) is 0 Å². The summed E-state index contributed by atoms with van der Waals surface area (Å²) in [4.78, 5) is 35.4. The SMILES string of the molecule is CCC(C)(C)C(=O)OCCC(=O)OC1CC2CCC1(C)OC2=O. The summed E-state index contributed by atoms with van der Waals surface area (Å²) in [6.45, 7) is 7.34. The molecule has 2 saturated heterocycles. The number of rotatable bonds is 6. The van der Waals surface area contributed by atoms with E-state index in [2.05, 4.69) is 0 Å². The van der Waals surface area contributed by atoms with Gasteiger partial charge >= 0.3 is 17.9 Å². The summed E-state index contributed by atoms with van der Waals surface area (Å²) in [6, 6.07) is 0. The molecule has 2 bridgehead atoms. The minimum absolute atomic E-state index is 0.00769. The Morgan fingerprint density at radius 3 is 2.65 bits per heavy atom. The van der Waals surface area contributed by atoms with Gasteiger partial charge in [-0.3, -0.25) is 14.4 Å². The smallest absolute Gasteiger partial charge is 0.311 e. The molecule has 3 aliphatic rings. The number of hydrogen-bond acceptors (Lipinski definition) is 6. The highest BCUT2D eigenvalue weighted by Crippen LogP contribution is 2.43. The molecule has 3 unspecified atom stereocenters. The van der Waals surface area contributed by atoms with Crippen LogP contribution >= 0.6 is 0 Å². The zero-order chi connectivity index (χ0) is 17.3.